The second-order valence-electron chi connectivity index (χ2n) is 3.43. The molecule has 16 heavy (non-hydrogen) atoms. The Bertz CT molecular complexity index is 478. The van der Waals surface area contributed by atoms with Crippen molar-refractivity contribution < 1.29 is 4.79 Å². The van der Waals surface area contributed by atoms with E-state index < -0.39 is 0 Å². The number of hydrogen-bond donors (Lipinski definition) is 2. The molecule has 0 spiro atoms. The van der Waals surface area contributed by atoms with Gasteiger partial charge in [-0.15, -0.1) is 0 Å². The second kappa shape index (κ2) is 4.57. The number of amides is 1. The molecule has 0 saturated carbocycles. The predicted octanol–water partition coefficient (Wildman–Crippen LogP) is 1.04. The average Bonchev–Trinajstić information content (AvgIpc) is 2.74. The van der Waals surface area contributed by atoms with Crippen LogP contribution in [0, 0.1) is 6.92 Å². The van der Waals surface area contributed by atoms with Gasteiger partial charge in [0.05, 0.1) is 6.20 Å². The van der Waals surface area contributed by atoms with E-state index in [9.17, 15) is 4.79 Å². The molecule has 82 valence electrons. The first-order chi connectivity index (χ1) is 7.75. The molecule has 0 saturated heterocycles. The molecule has 5 heteroatoms. The van der Waals surface area contributed by atoms with E-state index in [-0.39, 0.29) is 5.91 Å². The monoisotopic (exact) mass is 216 g/mol. The lowest BCUT2D eigenvalue weighted by Crippen LogP contribution is -2.23. The number of carbonyl (C=O) groups is 1. The van der Waals surface area contributed by atoms with Crippen molar-refractivity contribution in [2.75, 3.05) is 0 Å². The van der Waals surface area contributed by atoms with Gasteiger partial charge >= 0.3 is 0 Å². The number of H-pyrrole nitrogens is 1. The van der Waals surface area contributed by atoms with Gasteiger partial charge in [-0.05, 0) is 18.6 Å². The predicted molar refractivity (Wildman–Crippen MR) is 58.7 cm³/mol. The fourth-order valence-corrected chi connectivity index (χ4v) is 1.32. The van der Waals surface area contributed by atoms with Gasteiger partial charge in [0.1, 0.15) is 11.5 Å². The Morgan fingerprint density at radius 3 is 3.00 bits per heavy atom. The molecule has 0 aliphatic heterocycles. The van der Waals surface area contributed by atoms with Crippen LogP contribution in [0.5, 0.6) is 0 Å². The summed E-state index contributed by atoms with van der Waals surface area (Å²) >= 11 is 0. The summed E-state index contributed by atoms with van der Waals surface area (Å²) in [5, 5.41) is 2.78. The van der Waals surface area contributed by atoms with Gasteiger partial charge in [-0.25, -0.2) is 4.98 Å². The van der Waals surface area contributed by atoms with Crippen molar-refractivity contribution >= 4 is 5.91 Å². The average molecular weight is 216 g/mol. The van der Waals surface area contributed by atoms with Gasteiger partial charge in [0.15, 0.2) is 0 Å². The van der Waals surface area contributed by atoms with Crippen LogP contribution in [0.1, 0.15) is 21.9 Å². The summed E-state index contributed by atoms with van der Waals surface area (Å²) in [5.74, 6) is 0.566. The van der Waals surface area contributed by atoms with Crippen LogP contribution in [0.3, 0.4) is 0 Å². The van der Waals surface area contributed by atoms with Crippen molar-refractivity contribution in [2.24, 2.45) is 0 Å². The molecule has 2 aromatic heterocycles. The molecule has 2 rings (SSSR count). The molecular formula is C11H12N4O. The Morgan fingerprint density at radius 2 is 2.38 bits per heavy atom. The molecular weight excluding hydrogens is 204 g/mol. The SMILES string of the molecule is Cc1ncc(C(=O)NCc2cccnc2)[nH]1. The zero-order chi connectivity index (χ0) is 11.4. The van der Waals surface area contributed by atoms with E-state index in [1.165, 1.54) is 6.20 Å². The number of aromatic amines is 1. The van der Waals surface area contributed by atoms with Crippen molar-refractivity contribution in [3.05, 3.63) is 47.8 Å². The summed E-state index contributed by atoms with van der Waals surface area (Å²) in [7, 11) is 0. The highest BCUT2D eigenvalue weighted by molar-refractivity contribution is 5.92. The van der Waals surface area contributed by atoms with Crippen molar-refractivity contribution in [1.29, 1.82) is 0 Å². The molecule has 2 N–H and O–H groups in total. The smallest absolute Gasteiger partial charge is 0.269 e. The van der Waals surface area contributed by atoms with Gasteiger partial charge in [-0.1, -0.05) is 6.07 Å². The van der Waals surface area contributed by atoms with E-state index in [1.807, 2.05) is 12.1 Å². The number of carbonyl (C=O) groups excluding carboxylic acids is 1. The van der Waals surface area contributed by atoms with Gasteiger partial charge in [-0.2, -0.15) is 0 Å². The molecule has 2 aromatic rings. The third-order valence-corrected chi connectivity index (χ3v) is 2.12. The number of aryl methyl sites for hydroxylation is 1. The van der Waals surface area contributed by atoms with E-state index in [0.29, 0.717) is 12.2 Å². The topological polar surface area (TPSA) is 70.7 Å². The summed E-state index contributed by atoms with van der Waals surface area (Å²) in [4.78, 5) is 22.4. The highest BCUT2D eigenvalue weighted by atomic mass is 16.1. The number of aromatic nitrogens is 3. The maximum Gasteiger partial charge on any atom is 0.269 e. The molecule has 0 aromatic carbocycles. The van der Waals surface area contributed by atoms with E-state index in [4.69, 9.17) is 0 Å². The van der Waals surface area contributed by atoms with E-state index >= 15 is 0 Å². The normalized spacial score (nSPS) is 10.1. The Kier molecular flexibility index (Phi) is 2.95. The van der Waals surface area contributed by atoms with Gasteiger partial charge in [0.25, 0.3) is 5.91 Å². The van der Waals surface area contributed by atoms with Crippen LogP contribution >= 0.6 is 0 Å². The highest BCUT2D eigenvalue weighted by Crippen LogP contribution is 1.98. The van der Waals surface area contributed by atoms with Gasteiger partial charge < -0.3 is 10.3 Å². The standard InChI is InChI=1S/C11H12N4O/c1-8-13-7-10(15-8)11(16)14-6-9-3-2-4-12-5-9/h2-5,7H,6H2,1H3,(H,13,15)(H,14,16). The minimum Gasteiger partial charge on any atom is -0.347 e. The van der Waals surface area contributed by atoms with Crippen LogP contribution in [0.25, 0.3) is 0 Å². The third-order valence-electron chi connectivity index (χ3n) is 2.12. The molecule has 2 heterocycles. The zero-order valence-electron chi connectivity index (χ0n) is 8.90. The van der Waals surface area contributed by atoms with Gasteiger partial charge in [0, 0.05) is 18.9 Å². The minimum absolute atomic E-state index is 0.163. The fraction of sp³-hybridized carbons (Fsp3) is 0.182. The highest BCUT2D eigenvalue weighted by Gasteiger charge is 2.07. The fourth-order valence-electron chi connectivity index (χ4n) is 1.32. The molecule has 0 radical (unpaired) electrons. The number of rotatable bonds is 3. The first-order valence-corrected chi connectivity index (χ1v) is 4.94. The van der Waals surface area contributed by atoms with E-state index in [1.54, 1.807) is 19.3 Å². The Morgan fingerprint density at radius 1 is 1.50 bits per heavy atom. The van der Waals surface area contributed by atoms with Crippen LogP contribution < -0.4 is 5.32 Å². The molecule has 5 nitrogen and oxygen atoms in total. The van der Waals surface area contributed by atoms with Crippen LogP contribution in [-0.4, -0.2) is 20.9 Å². The summed E-state index contributed by atoms with van der Waals surface area (Å²) < 4.78 is 0. The van der Waals surface area contributed by atoms with Crippen molar-refractivity contribution in [3.8, 4) is 0 Å². The summed E-state index contributed by atoms with van der Waals surface area (Å²) in [6.45, 7) is 2.27. The number of nitrogens with one attached hydrogen (secondary N) is 2. The second-order valence-corrected chi connectivity index (χ2v) is 3.43. The summed E-state index contributed by atoms with van der Waals surface area (Å²) in [6, 6.07) is 3.74. The molecule has 0 aliphatic carbocycles. The largest absolute Gasteiger partial charge is 0.347 e. The number of pyridine rings is 1. The van der Waals surface area contributed by atoms with E-state index in [2.05, 4.69) is 20.3 Å². The molecule has 0 unspecified atom stereocenters. The van der Waals surface area contributed by atoms with E-state index in [0.717, 1.165) is 11.4 Å². The minimum atomic E-state index is -0.163. The summed E-state index contributed by atoms with van der Waals surface area (Å²) in [5.41, 5.74) is 1.44. The van der Waals surface area contributed by atoms with Crippen molar-refractivity contribution in [2.45, 2.75) is 13.5 Å². The maximum absolute atomic E-state index is 11.6. The quantitative estimate of drug-likeness (QED) is 0.805. The third kappa shape index (κ3) is 2.44. The Labute approximate surface area is 92.9 Å². The van der Waals surface area contributed by atoms with Crippen molar-refractivity contribution in [1.82, 2.24) is 20.3 Å². The molecule has 1 amide bonds. The lowest BCUT2D eigenvalue weighted by atomic mass is 10.3. The number of hydrogen-bond acceptors (Lipinski definition) is 3. The van der Waals surface area contributed by atoms with Gasteiger partial charge in [-0.3, -0.25) is 9.78 Å². The number of imidazole rings is 1. The lowest BCUT2D eigenvalue weighted by Gasteiger charge is -2.02. The molecule has 0 bridgehead atoms. The summed E-state index contributed by atoms with van der Waals surface area (Å²) in [6.07, 6.45) is 4.94. The van der Waals surface area contributed by atoms with Crippen LogP contribution in [0.2, 0.25) is 0 Å². The maximum atomic E-state index is 11.6. The van der Waals surface area contributed by atoms with Gasteiger partial charge in [0.2, 0.25) is 0 Å². The number of nitrogens with zero attached hydrogens (tertiary/aromatic N) is 2. The zero-order valence-corrected chi connectivity index (χ0v) is 8.90. The Hall–Kier alpha value is -2.17. The first kappa shape index (κ1) is 10.4. The molecule has 0 fully saturated rings. The lowest BCUT2D eigenvalue weighted by molar-refractivity contribution is 0.0946. The van der Waals surface area contributed by atoms with Crippen LogP contribution in [-0.2, 0) is 6.54 Å². The Balaban J connectivity index is 1.94. The van der Waals surface area contributed by atoms with Crippen molar-refractivity contribution in [3.63, 3.8) is 0 Å². The molecule has 0 atom stereocenters. The van der Waals surface area contributed by atoms with Crippen LogP contribution in [0.4, 0.5) is 0 Å². The van der Waals surface area contributed by atoms with Crippen LogP contribution in [0.15, 0.2) is 30.7 Å². The molecule has 0 aliphatic rings. The first-order valence-electron chi connectivity index (χ1n) is 4.94.